The van der Waals surface area contributed by atoms with E-state index in [0.717, 1.165) is 29.6 Å². The fourth-order valence-corrected chi connectivity index (χ4v) is 3.65. The lowest BCUT2D eigenvalue weighted by molar-refractivity contribution is -0.135. The third-order valence-electron chi connectivity index (χ3n) is 6.10. The topological polar surface area (TPSA) is 131 Å². The van der Waals surface area contributed by atoms with Gasteiger partial charge in [-0.25, -0.2) is 4.98 Å². The van der Waals surface area contributed by atoms with Crippen LogP contribution < -0.4 is 16.0 Å². The summed E-state index contributed by atoms with van der Waals surface area (Å²) in [4.78, 5) is 37.2. The lowest BCUT2D eigenvalue weighted by atomic mass is 10.2. The highest BCUT2D eigenvalue weighted by atomic mass is 16.2. The number of hydrogen-bond acceptors (Lipinski definition) is 8. The van der Waals surface area contributed by atoms with Crippen LogP contribution in [0.15, 0.2) is 42.7 Å². The summed E-state index contributed by atoms with van der Waals surface area (Å²) in [5, 5.41) is 17.5. The Morgan fingerprint density at radius 3 is 2.77 bits per heavy atom. The Morgan fingerprint density at radius 2 is 2.00 bits per heavy atom. The first kappa shape index (κ1) is 30.1. The van der Waals surface area contributed by atoms with E-state index >= 15 is 0 Å². The minimum atomic E-state index is -0.570. The Bertz CT molecular complexity index is 1370. The van der Waals surface area contributed by atoms with Gasteiger partial charge in [0.05, 0.1) is 29.2 Å². The largest absolute Gasteiger partial charge is 0.369 e. The maximum absolute atomic E-state index is 12.5. The molecule has 0 spiro atoms. The van der Waals surface area contributed by atoms with Crippen molar-refractivity contribution >= 4 is 40.2 Å². The highest BCUT2D eigenvalue weighted by molar-refractivity contribution is 5.93. The number of benzene rings is 1. The summed E-state index contributed by atoms with van der Waals surface area (Å²) in [7, 11) is 5.48. The second-order valence-electron chi connectivity index (χ2n) is 9.63. The zero-order valence-corrected chi connectivity index (χ0v) is 23.9. The molecule has 2 aromatic heterocycles. The smallest absolute Gasteiger partial charge is 0.246 e. The lowest BCUT2D eigenvalue weighted by Gasteiger charge is -2.23. The van der Waals surface area contributed by atoms with Crippen molar-refractivity contribution in [3.05, 3.63) is 48.3 Å². The molecule has 2 heterocycles. The molecule has 0 fully saturated rings. The molecule has 2 amide bonds. The highest BCUT2D eigenvalue weighted by Gasteiger charge is 2.20. The van der Waals surface area contributed by atoms with Crippen LogP contribution >= 0.6 is 0 Å². The maximum atomic E-state index is 12.5. The molecular formula is C29H39N9O2. The molecule has 0 aliphatic carbocycles. The number of unbranched alkanes of at least 4 members (excludes halogenated alkanes) is 1. The Balaban J connectivity index is 1.52. The van der Waals surface area contributed by atoms with Crippen molar-refractivity contribution in [2.45, 2.75) is 39.2 Å². The molecule has 0 unspecified atom stereocenters. The van der Waals surface area contributed by atoms with Gasteiger partial charge in [0, 0.05) is 44.6 Å². The van der Waals surface area contributed by atoms with E-state index in [1.54, 1.807) is 32.4 Å². The second-order valence-corrected chi connectivity index (χ2v) is 9.63. The summed E-state index contributed by atoms with van der Waals surface area (Å²) in [5.41, 5.74) is 2.50. The Labute approximate surface area is 235 Å². The molecule has 0 aliphatic rings. The van der Waals surface area contributed by atoms with E-state index in [1.807, 2.05) is 37.2 Å². The SMILES string of the molecule is CCCNc1nc(Nc2cccc3[nH]ncc23)ncc1C#CCCCNC(=O)[C@H](C)N(C)C(=O)C=CCN(C)C. The fraction of sp³-hybridized carbons (Fsp3) is 0.414. The number of nitrogens with one attached hydrogen (secondary N) is 4. The lowest BCUT2D eigenvalue weighted by Crippen LogP contribution is -2.45. The Morgan fingerprint density at radius 1 is 1.18 bits per heavy atom. The van der Waals surface area contributed by atoms with Crippen molar-refractivity contribution in [3.63, 3.8) is 0 Å². The van der Waals surface area contributed by atoms with Gasteiger partial charge in [-0.1, -0.05) is 30.9 Å². The molecular weight excluding hydrogens is 506 g/mol. The Kier molecular flexibility index (Phi) is 11.5. The number of rotatable bonds is 13. The van der Waals surface area contributed by atoms with Gasteiger partial charge in [0.15, 0.2) is 0 Å². The van der Waals surface area contributed by atoms with E-state index < -0.39 is 6.04 Å². The van der Waals surface area contributed by atoms with Crippen LogP contribution in [-0.4, -0.2) is 88.6 Å². The summed E-state index contributed by atoms with van der Waals surface area (Å²) >= 11 is 0. The van der Waals surface area contributed by atoms with Gasteiger partial charge in [-0.3, -0.25) is 14.7 Å². The molecule has 0 saturated carbocycles. The molecule has 0 radical (unpaired) electrons. The van der Waals surface area contributed by atoms with Crippen LogP contribution in [0.5, 0.6) is 0 Å². The molecule has 4 N–H and O–H groups in total. The van der Waals surface area contributed by atoms with Gasteiger partial charge >= 0.3 is 0 Å². The second kappa shape index (κ2) is 15.2. The number of nitrogens with zero attached hydrogens (tertiary/aromatic N) is 5. The number of aromatic amines is 1. The number of likely N-dealkylation sites (N-methyl/N-ethyl adjacent to an activating group) is 2. The fourth-order valence-electron chi connectivity index (χ4n) is 3.65. The monoisotopic (exact) mass is 545 g/mol. The van der Waals surface area contributed by atoms with Gasteiger partial charge in [-0.2, -0.15) is 10.1 Å². The van der Waals surface area contributed by atoms with Gasteiger partial charge in [0.1, 0.15) is 11.9 Å². The van der Waals surface area contributed by atoms with E-state index in [2.05, 4.69) is 54.9 Å². The van der Waals surface area contributed by atoms with E-state index in [4.69, 9.17) is 0 Å². The zero-order valence-electron chi connectivity index (χ0n) is 23.9. The van der Waals surface area contributed by atoms with Crippen molar-refractivity contribution in [1.82, 2.24) is 35.3 Å². The molecule has 212 valence electrons. The minimum Gasteiger partial charge on any atom is -0.369 e. The summed E-state index contributed by atoms with van der Waals surface area (Å²) in [6, 6.07) is 5.27. The molecule has 1 atom stereocenters. The molecule has 40 heavy (non-hydrogen) atoms. The molecule has 0 saturated heterocycles. The van der Waals surface area contributed by atoms with Crippen LogP contribution in [0.3, 0.4) is 0 Å². The van der Waals surface area contributed by atoms with E-state index in [9.17, 15) is 9.59 Å². The number of amides is 2. The van der Waals surface area contributed by atoms with Crippen molar-refractivity contribution in [1.29, 1.82) is 0 Å². The molecule has 11 heteroatoms. The van der Waals surface area contributed by atoms with E-state index in [-0.39, 0.29) is 11.8 Å². The van der Waals surface area contributed by atoms with Gasteiger partial charge in [-0.15, -0.1) is 0 Å². The van der Waals surface area contributed by atoms with E-state index in [0.29, 0.717) is 43.3 Å². The zero-order chi connectivity index (χ0) is 28.9. The predicted molar refractivity (Wildman–Crippen MR) is 159 cm³/mol. The molecule has 11 nitrogen and oxygen atoms in total. The van der Waals surface area contributed by atoms with Gasteiger partial charge in [0.25, 0.3) is 0 Å². The van der Waals surface area contributed by atoms with Crippen molar-refractivity contribution in [2.75, 3.05) is 51.4 Å². The Hall–Kier alpha value is -4.43. The van der Waals surface area contributed by atoms with Gasteiger partial charge in [0.2, 0.25) is 17.8 Å². The summed E-state index contributed by atoms with van der Waals surface area (Å²) < 4.78 is 0. The molecule has 0 aliphatic heterocycles. The van der Waals surface area contributed by atoms with E-state index in [1.165, 1.54) is 11.0 Å². The third kappa shape index (κ3) is 8.81. The number of H-pyrrole nitrogens is 1. The quantitative estimate of drug-likeness (QED) is 0.146. The van der Waals surface area contributed by atoms with Gasteiger partial charge < -0.3 is 25.8 Å². The first-order valence-corrected chi connectivity index (χ1v) is 13.4. The van der Waals surface area contributed by atoms with Crippen LogP contribution in [0.4, 0.5) is 17.5 Å². The van der Waals surface area contributed by atoms with Crippen molar-refractivity contribution in [3.8, 4) is 11.8 Å². The van der Waals surface area contributed by atoms with Crippen molar-refractivity contribution < 1.29 is 9.59 Å². The standard InChI is InChI=1S/C29H39N9O2/c1-6-16-30-27-22(19-32-29(35-27)34-24-13-10-14-25-23(24)20-33-36-25)12-8-7-9-17-31-28(40)21(2)38(5)26(39)15-11-18-37(3)4/h10-11,13-15,19-21H,6-7,9,16-18H2,1-5H3,(H,31,40)(H,33,36)(H2,30,32,34,35)/t21-/m0/s1. The molecule has 1 aromatic carbocycles. The van der Waals surface area contributed by atoms with Crippen LogP contribution in [-0.2, 0) is 9.59 Å². The number of fused-ring (bicyclic) bond motifs is 1. The maximum Gasteiger partial charge on any atom is 0.246 e. The number of carbonyl (C=O) groups is 2. The average molecular weight is 546 g/mol. The van der Waals surface area contributed by atoms with Crippen LogP contribution in [0, 0.1) is 11.8 Å². The number of hydrogen-bond donors (Lipinski definition) is 4. The average Bonchev–Trinajstić information content (AvgIpc) is 3.43. The van der Waals surface area contributed by atoms with Crippen LogP contribution in [0.25, 0.3) is 10.9 Å². The predicted octanol–water partition coefficient (Wildman–Crippen LogP) is 3.13. The minimum absolute atomic E-state index is 0.196. The normalized spacial score (nSPS) is 11.8. The highest BCUT2D eigenvalue weighted by Crippen LogP contribution is 2.24. The summed E-state index contributed by atoms with van der Waals surface area (Å²) in [5.74, 6) is 7.04. The number of aromatic nitrogens is 4. The summed E-state index contributed by atoms with van der Waals surface area (Å²) in [6.07, 6.45) is 8.96. The number of anilines is 3. The van der Waals surface area contributed by atoms with Crippen LogP contribution in [0.2, 0.25) is 0 Å². The molecule has 3 rings (SSSR count). The third-order valence-corrected chi connectivity index (χ3v) is 6.10. The molecule has 3 aromatic rings. The molecule has 0 bridgehead atoms. The van der Waals surface area contributed by atoms with Crippen LogP contribution in [0.1, 0.15) is 38.7 Å². The number of carbonyl (C=O) groups excluding carboxylic acids is 2. The van der Waals surface area contributed by atoms with Gasteiger partial charge in [-0.05, 0) is 46.0 Å². The van der Waals surface area contributed by atoms with Crippen molar-refractivity contribution in [2.24, 2.45) is 0 Å². The first-order valence-electron chi connectivity index (χ1n) is 13.4. The summed E-state index contributed by atoms with van der Waals surface area (Å²) in [6.45, 7) is 5.69. The first-order chi connectivity index (χ1) is 19.3.